The quantitative estimate of drug-likeness (QED) is 0.697. The van der Waals surface area contributed by atoms with Gasteiger partial charge in [-0.05, 0) is 5.41 Å². The zero-order valence-electron chi connectivity index (χ0n) is 11.6. The van der Waals surface area contributed by atoms with E-state index < -0.39 is 6.10 Å². The molecule has 0 bridgehead atoms. The van der Waals surface area contributed by atoms with Crippen LogP contribution in [0, 0.1) is 5.41 Å². The van der Waals surface area contributed by atoms with Crippen LogP contribution >= 0.6 is 11.3 Å². The minimum Gasteiger partial charge on any atom is -0.391 e. The Morgan fingerprint density at radius 2 is 2.32 bits per heavy atom. The molecule has 1 unspecified atom stereocenters. The van der Waals surface area contributed by atoms with E-state index in [9.17, 15) is 9.90 Å². The lowest BCUT2D eigenvalue weighted by Gasteiger charge is -2.25. The van der Waals surface area contributed by atoms with Crippen molar-refractivity contribution in [1.29, 1.82) is 0 Å². The van der Waals surface area contributed by atoms with E-state index >= 15 is 0 Å². The molecule has 1 aromatic rings. The molecule has 106 valence electrons. The van der Waals surface area contributed by atoms with Gasteiger partial charge in [-0.3, -0.25) is 4.79 Å². The van der Waals surface area contributed by atoms with Crippen LogP contribution in [-0.4, -0.2) is 35.2 Å². The van der Waals surface area contributed by atoms with Gasteiger partial charge in [0.25, 0.3) is 5.91 Å². The lowest BCUT2D eigenvalue weighted by Crippen LogP contribution is -2.39. The number of hydrogen-bond acceptors (Lipinski definition) is 5. The van der Waals surface area contributed by atoms with Gasteiger partial charge < -0.3 is 15.7 Å². The van der Waals surface area contributed by atoms with Crippen LogP contribution < -0.4 is 10.6 Å². The highest BCUT2D eigenvalue weighted by Crippen LogP contribution is 2.20. The van der Waals surface area contributed by atoms with Crippen LogP contribution in [0.25, 0.3) is 0 Å². The number of anilines is 1. The Bertz CT molecular complexity index is 437. The zero-order valence-corrected chi connectivity index (χ0v) is 12.4. The molecule has 1 heterocycles. The second kappa shape index (κ2) is 6.68. The van der Waals surface area contributed by atoms with Gasteiger partial charge >= 0.3 is 0 Å². The fourth-order valence-corrected chi connectivity index (χ4v) is 1.94. The monoisotopic (exact) mass is 283 g/mol. The van der Waals surface area contributed by atoms with E-state index in [1.54, 1.807) is 6.08 Å². The highest BCUT2D eigenvalue weighted by atomic mass is 32.1. The van der Waals surface area contributed by atoms with Gasteiger partial charge in [0.05, 0.1) is 12.3 Å². The highest BCUT2D eigenvalue weighted by Gasteiger charge is 2.22. The van der Waals surface area contributed by atoms with E-state index in [1.807, 2.05) is 20.8 Å². The molecule has 0 saturated heterocycles. The first-order chi connectivity index (χ1) is 8.84. The summed E-state index contributed by atoms with van der Waals surface area (Å²) in [7, 11) is 0. The van der Waals surface area contributed by atoms with Crippen molar-refractivity contribution in [3.05, 3.63) is 23.7 Å². The maximum absolute atomic E-state index is 11.9. The number of amides is 1. The molecule has 1 atom stereocenters. The Kier molecular flexibility index (Phi) is 5.50. The Labute approximate surface area is 117 Å². The number of hydrogen-bond donors (Lipinski definition) is 3. The topological polar surface area (TPSA) is 74.2 Å². The SMILES string of the molecule is C=CCNc1ncc(C(=O)NCC(O)C(C)(C)C)s1. The summed E-state index contributed by atoms with van der Waals surface area (Å²) in [6.45, 7) is 10.2. The maximum atomic E-state index is 11.9. The van der Waals surface area contributed by atoms with Gasteiger partial charge in [-0.1, -0.05) is 38.2 Å². The molecule has 0 aliphatic rings. The average molecular weight is 283 g/mol. The Balaban J connectivity index is 2.49. The predicted molar refractivity (Wildman–Crippen MR) is 78.6 cm³/mol. The van der Waals surface area contributed by atoms with Gasteiger partial charge in [-0.2, -0.15) is 0 Å². The minimum atomic E-state index is -0.581. The molecular weight excluding hydrogens is 262 g/mol. The number of nitrogens with zero attached hydrogens (tertiary/aromatic N) is 1. The van der Waals surface area contributed by atoms with Crippen LogP contribution in [0.3, 0.4) is 0 Å². The van der Waals surface area contributed by atoms with Crippen molar-refractivity contribution in [2.75, 3.05) is 18.4 Å². The largest absolute Gasteiger partial charge is 0.391 e. The molecule has 0 fully saturated rings. The third kappa shape index (κ3) is 5.00. The van der Waals surface area contributed by atoms with E-state index in [1.165, 1.54) is 17.5 Å². The smallest absolute Gasteiger partial charge is 0.263 e. The van der Waals surface area contributed by atoms with E-state index in [0.717, 1.165) is 0 Å². The van der Waals surface area contributed by atoms with Crippen LogP contribution in [0.4, 0.5) is 5.13 Å². The molecule has 0 radical (unpaired) electrons. The van der Waals surface area contributed by atoms with Crippen LogP contribution in [0.1, 0.15) is 30.4 Å². The summed E-state index contributed by atoms with van der Waals surface area (Å²) in [6.07, 6.45) is 2.66. The van der Waals surface area contributed by atoms with Crippen LogP contribution in [-0.2, 0) is 0 Å². The number of rotatable bonds is 6. The van der Waals surface area contributed by atoms with Crippen molar-refractivity contribution in [1.82, 2.24) is 10.3 Å². The second-order valence-electron chi connectivity index (χ2n) is 5.29. The lowest BCUT2D eigenvalue weighted by molar-refractivity contribution is 0.0588. The van der Waals surface area contributed by atoms with Gasteiger partial charge in [-0.25, -0.2) is 4.98 Å². The van der Waals surface area contributed by atoms with Gasteiger partial charge in [0.2, 0.25) is 0 Å². The van der Waals surface area contributed by atoms with Gasteiger partial charge in [-0.15, -0.1) is 6.58 Å². The lowest BCUT2D eigenvalue weighted by atomic mass is 9.89. The van der Waals surface area contributed by atoms with Crippen LogP contribution in [0.15, 0.2) is 18.9 Å². The fraction of sp³-hybridized carbons (Fsp3) is 0.538. The maximum Gasteiger partial charge on any atom is 0.263 e. The third-order valence-corrected chi connectivity index (χ3v) is 3.54. The molecule has 0 spiro atoms. The summed E-state index contributed by atoms with van der Waals surface area (Å²) in [6, 6.07) is 0. The third-order valence-electron chi connectivity index (χ3n) is 2.58. The Hall–Kier alpha value is -1.40. The Morgan fingerprint density at radius 3 is 2.89 bits per heavy atom. The summed E-state index contributed by atoms with van der Waals surface area (Å²) >= 11 is 1.28. The first kappa shape index (κ1) is 15.7. The molecule has 1 rings (SSSR count). The summed E-state index contributed by atoms with van der Waals surface area (Å²) in [5, 5.41) is 16.3. The van der Waals surface area contributed by atoms with E-state index in [0.29, 0.717) is 16.6 Å². The summed E-state index contributed by atoms with van der Waals surface area (Å²) in [5.41, 5.74) is -0.252. The molecule has 5 nitrogen and oxygen atoms in total. The van der Waals surface area contributed by atoms with Crippen LogP contribution in [0.5, 0.6) is 0 Å². The molecule has 19 heavy (non-hydrogen) atoms. The number of carbonyl (C=O) groups excluding carboxylic acids is 1. The Morgan fingerprint density at radius 1 is 1.63 bits per heavy atom. The van der Waals surface area contributed by atoms with Crippen molar-refractivity contribution in [3.8, 4) is 0 Å². The first-order valence-corrected chi connectivity index (χ1v) is 6.93. The molecule has 0 aliphatic carbocycles. The number of carbonyl (C=O) groups is 1. The van der Waals surface area contributed by atoms with Crippen molar-refractivity contribution in [3.63, 3.8) is 0 Å². The van der Waals surface area contributed by atoms with Gasteiger partial charge in [0, 0.05) is 13.1 Å². The molecular formula is C13H21N3O2S. The first-order valence-electron chi connectivity index (χ1n) is 6.11. The van der Waals surface area contributed by atoms with E-state index in [4.69, 9.17) is 0 Å². The molecule has 0 saturated carbocycles. The number of aliphatic hydroxyl groups is 1. The average Bonchev–Trinajstić information content (AvgIpc) is 2.80. The normalized spacial score (nSPS) is 12.8. The predicted octanol–water partition coefficient (Wildman–Crippen LogP) is 1.88. The summed E-state index contributed by atoms with van der Waals surface area (Å²) in [5.74, 6) is -0.215. The molecule has 1 amide bonds. The molecule has 3 N–H and O–H groups in total. The van der Waals surface area contributed by atoms with Crippen molar-refractivity contribution >= 4 is 22.4 Å². The molecule has 0 aromatic carbocycles. The van der Waals surface area contributed by atoms with Crippen molar-refractivity contribution in [2.45, 2.75) is 26.9 Å². The molecule has 1 aromatic heterocycles. The van der Waals surface area contributed by atoms with Gasteiger partial charge in [0.15, 0.2) is 5.13 Å². The highest BCUT2D eigenvalue weighted by molar-refractivity contribution is 7.17. The van der Waals surface area contributed by atoms with Crippen molar-refractivity contribution in [2.24, 2.45) is 5.41 Å². The summed E-state index contributed by atoms with van der Waals surface area (Å²) in [4.78, 5) is 16.5. The number of thiazole rings is 1. The fourth-order valence-electron chi connectivity index (χ4n) is 1.20. The molecule has 6 heteroatoms. The number of nitrogens with one attached hydrogen (secondary N) is 2. The standard InChI is InChI=1S/C13H21N3O2S/c1-5-6-14-12-16-7-9(19-12)11(18)15-8-10(17)13(2,3)4/h5,7,10,17H,1,6,8H2,2-4H3,(H,14,16)(H,15,18). The van der Waals surface area contributed by atoms with E-state index in [-0.39, 0.29) is 17.9 Å². The second-order valence-corrected chi connectivity index (χ2v) is 6.32. The number of aliphatic hydroxyl groups excluding tert-OH is 1. The summed E-state index contributed by atoms with van der Waals surface area (Å²) < 4.78 is 0. The number of aromatic nitrogens is 1. The van der Waals surface area contributed by atoms with E-state index in [2.05, 4.69) is 22.2 Å². The minimum absolute atomic E-state index is 0.215. The van der Waals surface area contributed by atoms with Gasteiger partial charge in [0.1, 0.15) is 4.88 Å². The molecule has 0 aliphatic heterocycles. The zero-order chi connectivity index (χ0) is 14.5. The van der Waals surface area contributed by atoms with Crippen LogP contribution in [0.2, 0.25) is 0 Å². The van der Waals surface area contributed by atoms with Crippen molar-refractivity contribution < 1.29 is 9.90 Å².